The summed E-state index contributed by atoms with van der Waals surface area (Å²) in [7, 11) is 0. The summed E-state index contributed by atoms with van der Waals surface area (Å²) in [6.07, 6.45) is 1.92. The lowest BCUT2D eigenvalue weighted by Gasteiger charge is -2.22. The summed E-state index contributed by atoms with van der Waals surface area (Å²) >= 11 is 0. The van der Waals surface area contributed by atoms with Crippen molar-refractivity contribution in [1.29, 1.82) is 0 Å². The number of fused-ring (bicyclic) bond motifs is 12. The smallest absolute Gasteiger partial charge is 0.0979 e. The Morgan fingerprint density at radius 2 is 0.828 bits per heavy atom. The van der Waals surface area contributed by atoms with Gasteiger partial charge in [0, 0.05) is 38.2 Å². The maximum absolute atomic E-state index is 5.22. The lowest BCUT2D eigenvalue weighted by atomic mass is 9.81. The molecule has 0 bridgehead atoms. The molecule has 3 heteroatoms. The van der Waals surface area contributed by atoms with Crippen LogP contribution in [-0.4, -0.2) is 14.5 Å². The lowest BCUT2D eigenvalue weighted by Crippen LogP contribution is -2.15. The molecule has 3 nitrogen and oxygen atoms in total. The summed E-state index contributed by atoms with van der Waals surface area (Å²) in [6, 6.07) is 66.3. The van der Waals surface area contributed by atoms with Crippen LogP contribution in [0.4, 0.5) is 0 Å². The molecule has 0 atom stereocenters. The number of para-hydroxylation sites is 2. The predicted molar refractivity (Wildman–Crippen MR) is 243 cm³/mol. The van der Waals surface area contributed by atoms with E-state index in [-0.39, 0.29) is 5.41 Å². The van der Waals surface area contributed by atoms with Gasteiger partial charge < -0.3 is 4.57 Å². The number of benzene rings is 9. The zero-order valence-electron chi connectivity index (χ0n) is 32.2. The van der Waals surface area contributed by atoms with Gasteiger partial charge in [0.05, 0.1) is 34.0 Å². The molecule has 0 spiro atoms. The van der Waals surface area contributed by atoms with Gasteiger partial charge in [-0.3, -0.25) is 4.98 Å². The van der Waals surface area contributed by atoms with E-state index in [2.05, 4.69) is 200 Å². The van der Waals surface area contributed by atoms with Gasteiger partial charge in [0.1, 0.15) is 0 Å². The molecule has 0 aliphatic heterocycles. The SMILES string of the molecule is CC1(C)c2cc(-c3ccc(-c4cnc5c6ccccc6c6ccccc6c5n4)cc3)ccc2-c2ccc(-c3ccc(-n4c5ccccc5c5ccccc54)cc3)cc21. The van der Waals surface area contributed by atoms with E-state index in [9.17, 15) is 0 Å². The molecule has 272 valence electrons. The number of hydrogen-bond donors (Lipinski definition) is 0. The van der Waals surface area contributed by atoms with E-state index in [4.69, 9.17) is 9.97 Å². The summed E-state index contributed by atoms with van der Waals surface area (Å²) in [5.41, 5.74) is 17.5. The molecule has 9 aromatic carbocycles. The normalized spacial score (nSPS) is 13.1. The maximum atomic E-state index is 5.22. The van der Waals surface area contributed by atoms with Crippen molar-refractivity contribution in [3.8, 4) is 50.3 Å². The van der Waals surface area contributed by atoms with Crippen LogP contribution in [0.15, 0.2) is 188 Å². The zero-order chi connectivity index (χ0) is 38.5. The van der Waals surface area contributed by atoms with Crippen molar-refractivity contribution in [2.24, 2.45) is 0 Å². The van der Waals surface area contributed by atoms with Crippen LogP contribution < -0.4 is 0 Å². The van der Waals surface area contributed by atoms with E-state index < -0.39 is 0 Å². The first-order valence-corrected chi connectivity index (χ1v) is 20.1. The maximum Gasteiger partial charge on any atom is 0.0979 e. The van der Waals surface area contributed by atoms with Gasteiger partial charge in [-0.15, -0.1) is 0 Å². The predicted octanol–water partition coefficient (Wildman–Crippen LogP) is 14.3. The minimum absolute atomic E-state index is 0.146. The Hall–Kier alpha value is -7.36. The Morgan fingerprint density at radius 1 is 0.397 bits per heavy atom. The third-order valence-electron chi connectivity index (χ3n) is 12.7. The molecule has 0 radical (unpaired) electrons. The quantitative estimate of drug-likeness (QED) is 0.168. The Bertz CT molecular complexity index is 3370. The highest BCUT2D eigenvalue weighted by Crippen LogP contribution is 2.51. The largest absolute Gasteiger partial charge is 0.309 e. The third kappa shape index (κ3) is 4.80. The van der Waals surface area contributed by atoms with Crippen LogP contribution in [0.2, 0.25) is 0 Å². The van der Waals surface area contributed by atoms with Gasteiger partial charge in [-0.1, -0.05) is 159 Å². The van der Waals surface area contributed by atoms with E-state index in [0.29, 0.717) is 0 Å². The van der Waals surface area contributed by atoms with Crippen LogP contribution in [-0.2, 0) is 5.41 Å². The third-order valence-corrected chi connectivity index (χ3v) is 12.7. The average Bonchev–Trinajstić information content (AvgIpc) is 3.74. The molecule has 0 saturated heterocycles. The van der Waals surface area contributed by atoms with Gasteiger partial charge in [0.2, 0.25) is 0 Å². The van der Waals surface area contributed by atoms with E-state index in [1.54, 1.807) is 0 Å². The Balaban J connectivity index is 0.853. The molecule has 0 unspecified atom stereocenters. The number of nitrogens with zero attached hydrogens (tertiary/aromatic N) is 3. The van der Waals surface area contributed by atoms with Crippen LogP contribution in [0.3, 0.4) is 0 Å². The molecule has 0 fully saturated rings. The van der Waals surface area contributed by atoms with Gasteiger partial charge in [-0.25, -0.2) is 4.98 Å². The van der Waals surface area contributed by atoms with E-state index >= 15 is 0 Å². The van der Waals surface area contributed by atoms with Crippen molar-refractivity contribution in [2.45, 2.75) is 19.3 Å². The lowest BCUT2D eigenvalue weighted by molar-refractivity contribution is 0.661. The molecule has 12 rings (SSSR count). The van der Waals surface area contributed by atoms with Gasteiger partial charge >= 0.3 is 0 Å². The second kappa shape index (κ2) is 12.3. The van der Waals surface area contributed by atoms with Crippen molar-refractivity contribution < 1.29 is 0 Å². The number of hydrogen-bond acceptors (Lipinski definition) is 2. The molecule has 11 aromatic rings. The number of rotatable bonds is 4. The summed E-state index contributed by atoms with van der Waals surface area (Å²) in [5, 5.41) is 7.23. The highest BCUT2D eigenvalue weighted by atomic mass is 15.0. The summed E-state index contributed by atoms with van der Waals surface area (Å²) in [6.45, 7) is 4.73. The Kier molecular flexibility index (Phi) is 6.98. The summed E-state index contributed by atoms with van der Waals surface area (Å²) < 4.78 is 2.38. The fourth-order valence-corrected chi connectivity index (χ4v) is 9.70. The zero-order valence-corrected chi connectivity index (χ0v) is 32.2. The highest BCUT2D eigenvalue weighted by Gasteiger charge is 2.36. The molecule has 0 saturated carbocycles. The molecule has 2 heterocycles. The molecular formula is C55H37N3. The van der Waals surface area contributed by atoms with Crippen LogP contribution in [0.25, 0.3) is 105 Å². The minimum atomic E-state index is -0.146. The fourth-order valence-electron chi connectivity index (χ4n) is 9.70. The minimum Gasteiger partial charge on any atom is -0.309 e. The Morgan fingerprint density at radius 3 is 1.38 bits per heavy atom. The molecule has 58 heavy (non-hydrogen) atoms. The summed E-state index contributed by atoms with van der Waals surface area (Å²) in [5.74, 6) is 0. The molecule has 0 N–H and O–H groups in total. The second-order valence-corrected chi connectivity index (χ2v) is 16.2. The van der Waals surface area contributed by atoms with Gasteiger partial charge in [-0.05, 0) is 91.7 Å². The molecule has 2 aromatic heterocycles. The van der Waals surface area contributed by atoms with Gasteiger partial charge in [0.15, 0.2) is 0 Å². The topological polar surface area (TPSA) is 30.7 Å². The van der Waals surface area contributed by atoms with Crippen molar-refractivity contribution in [3.63, 3.8) is 0 Å². The molecule has 1 aliphatic carbocycles. The number of aromatic nitrogens is 3. The van der Waals surface area contributed by atoms with Crippen molar-refractivity contribution >= 4 is 54.4 Å². The standard InChI is InChI=1S/C55H37N3/c1-55(2)48-31-37(34-19-21-36(22-20-34)50-33-56-53-46-15-5-3-11-40(46)41-12-4-6-16-47(41)54(53)57-50)25-29-42(48)43-30-26-38(32-49(43)55)35-23-27-39(28-24-35)58-51-17-9-7-13-44(51)45-14-8-10-18-52(45)58/h3-33H,1-2H3. The molecule has 0 amide bonds. The van der Waals surface area contributed by atoms with Crippen LogP contribution in [0.1, 0.15) is 25.0 Å². The first-order valence-electron chi connectivity index (χ1n) is 20.1. The Labute approximate surface area is 336 Å². The van der Waals surface area contributed by atoms with E-state index in [1.165, 1.54) is 82.8 Å². The second-order valence-electron chi connectivity index (χ2n) is 16.2. The van der Waals surface area contributed by atoms with E-state index in [0.717, 1.165) is 33.1 Å². The molecular weight excluding hydrogens is 703 g/mol. The first kappa shape index (κ1) is 32.8. The average molecular weight is 740 g/mol. The van der Waals surface area contributed by atoms with Crippen LogP contribution in [0.5, 0.6) is 0 Å². The van der Waals surface area contributed by atoms with Crippen LogP contribution in [0, 0.1) is 0 Å². The van der Waals surface area contributed by atoms with E-state index in [1.807, 2.05) is 6.20 Å². The van der Waals surface area contributed by atoms with Crippen LogP contribution >= 0.6 is 0 Å². The van der Waals surface area contributed by atoms with Crippen molar-refractivity contribution in [2.75, 3.05) is 0 Å². The van der Waals surface area contributed by atoms with Crippen molar-refractivity contribution in [1.82, 2.24) is 14.5 Å². The van der Waals surface area contributed by atoms with Crippen molar-refractivity contribution in [3.05, 3.63) is 199 Å². The molecule has 1 aliphatic rings. The monoisotopic (exact) mass is 739 g/mol. The first-order chi connectivity index (χ1) is 28.5. The van der Waals surface area contributed by atoms with Gasteiger partial charge in [-0.2, -0.15) is 0 Å². The highest BCUT2D eigenvalue weighted by molar-refractivity contribution is 6.23. The fraction of sp³-hybridized carbons (Fsp3) is 0.0545. The van der Waals surface area contributed by atoms with Gasteiger partial charge in [0.25, 0.3) is 0 Å². The summed E-state index contributed by atoms with van der Waals surface area (Å²) in [4.78, 5) is 10.2.